The van der Waals surface area contributed by atoms with Crippen molar-refractivity contribution in [2.24, 2.45) is 4.99 Å². The fourth-order valence-electron chi connectivity index (χ4n) is 3.47. The molecule has 0 spiro atoms. The van der Waals surface area contributed by atoms with E-state index in [1.54, 1.807) is 18.8 Å². The fourth-order valence-corrected chi connectivity index (χ4v) is 4.47. The molecule has 3 heterocycles. The number of hydrogen-bond acceptors (Lipinski definition) is 5. The van der Waals surface area contributed by atoms with E-state index in [1.165, 1.54) is 50.7 Å². The third-order valence-corrected chi connectivity index (χ3v) is 5.96. The summed E-state index contributed by atoms with van der Waals surface area (Å²) in [5.74, 6) is 1.37. The van der Waals surface area contributed by atoms with E-state index in [2.05, 4.69) is 9.89 Å². The van der Waals surface area contributed by atoms with Crippen molar-refractivity contribution < 1.29 is 14.2 Å². The third-order valence-electron chi connectivity index (χ3n) is 4.93. The summed E-state index contributed by atoms with van der Waals surface area (Å²) in [4.78, 5) is 34.2. The van der Waals surface area contributed by atoms with E-state index < -0.39 is 6.04 Å². The molecular weight excluding hydrogens is 326 g/mol. The molecule has 0 N–H and O–H groups in total. The first-order valence-corrected chi connectivity index (χ1v) is 9.58. The molecule has 1 atom stereocenters. The Bertz CT molecular complexity index is 595. The largest absolute Gasteiger partial charge is 0.388 e. The van der Waals surface area contributed by atoms with E-state index in [9.17, 15) is 9.59 Å². The Morgan fingerprint density at radius 1 is 1.12 bits per heavy atom. The van der Waals surface area contributed by atoms with Gasteiger partial charge in [0.25, 0.3) is 23.0 Å². The summed E-state index contributed by atoms with van der Waals surface area (Å²) in [5, 5.41) is 0.827. The average molecular weight is 352 g/mol. The predicted octanol–water partition coefficient (Wildman–Crippen LogP) is 0.898. The average Bonchev–Trinajstić information content (AvgIpc) is 2.76. The van der Waals surface area contributed by atoms with Gasteiger partial charge in [0.15, 0.2) is 0 Å². The van der Waals surface area contributed by atoms with Crippen molar-refractivity contribution in [3.05, 3.63) is 0 Å². The van der Waals surface area contributed by atoms with Crippen LogP contribution in [0.15, 0.2) is 4.99 Å². The molecule has 2 saturated heterocycles. The Hall–Kier alpha value is -1.41. The molecule has 3 amide bonds. The van der Waals surface area contributed by atoms with Crippen molar-refractivity contribution in [2.75, 3.05) is 46.5 Å². The number of rotatable bonds is 3. The van der Waals surface area contributed by atoms with E-state index >= 15 is 0 Å². The first kappa shape index (κ1) is 17.4. The molecule has 0 aromatic heterocycles. The van der Waals surface area contributed by atoms with Gasteiger partial charge in [-0.15, -0.1) is 4.99 Å². The number of aliphatic imine (C=N–C) groups is 1. The molecule has 0 aliphatic carbocycles. The van der Waals surface area contributed by atoms with Gasteiger partial charge < -0.3 is 4.90 Å². The van der Waals surface area contributed by atoms with Gasteiger partial charge >= 0.3 is 6.03 Å². The second kappa shape index (κ2) is 7.23. The Balaban J connectivity index is 1.63. The lowest BCUT2D eigenvalue weighted by molar-refractivity contribution is -0.367. The lowest BCUT2D eigenvalue weighted by Gasteiger charge is -2.27. The molecule has 132 valence electrons. The number of amides is 3. The van der Waals surface area contributed by atoms with Crippen LogP contribution in [0.3, 0.4) is 0 Å². The highest BCUT2D eigenvalue weighted by molar-refractivity contribution is 8.13. The van der Waals surface area contributed by atoms with Crippen molar-refractivity contribution in [3.8, 4) is 0 Å². The van der Waals surface area contributed by atoms with Crippen LogP contribution in [0.2, 0.25) is 0 Å². The van der Waals surface area contributed by atoms with E-state index in [-0.39, 0.29) is 11.9 Å². The molecule has 0 saturated carbocycles. The number of amidine groups is 2. The molecule has 7 nitrogen and oxygen atoms in total. The van der Waals surface area contributed by atoms with Gasteiger partial charge in [-0.25, -0.2) is 14.3 Å². The van der Waals surface area contributed by atoms with Gasteiger partial charge in [0, 0.05) is 19.3 Å². The van der Waals surface area contributed by atoms with Crippen molar-refractivity contribution in [2.45, 2.75) is 31.7 Å². The van der Waals surface area contributed by atoms with Crippen LogP contribution in [0.4, 0.5) is 4.79 Å². The number of hydrogen-bond donors (Lipinski definition) is 0. The quantitative estimate of drug-likeness (QED) is 0.708. The number of imide groups is 1. The van der Waals surface area contributed by atoms with E-state index in [0.717, 1.165) is 22.4 Å². The highest BCUT2D eigenvalue weighted by Crippen LogP contribution is 2.22. The summed E-state index contributed by atoms with van der Waals surface area (Å²) in [6, 6.07) is -0.882. The number of likely N-dealkylation sites (tertiary alicyclic amines) is 1. The smallest absolute Gasteiger partial charge is 0.303 e. The van der Waals surface area contributed by atoms with Gasteiger partial charge in [-0.05, 0) is 25.9 Å². The Morgan fingerprint density at radius 2 is 1.79 bits per heavy atom. The van der Waals surface area contributed by atoms with E-state index in [0.29, 0.717) is 5.84 Å². The number of carbonyl (C=O) groups excluding carboxylic acids is 2. The SMILES string of the molecule is CN1C(=O)C2N=C(SCCN3CCCCCC3)[N+](C)=C2N(C)C1=O. The van der Waals surface area contributed by atoms with Gasteiger partial charge in [-0.1, -0.05) is 24.6 Å². The lowest BCUT2D eigenvalue weighted by atomic mass is 10.2. The second-order valence-corrected chi connectivity index (χ2v) is 7.64. The van der Waals surface area contributed by atoms with E-state index in [1.807, 2.05) is 11.6 Å². The first-order chi connectivity index (χ1) is 11.5. The maximum atomic E-state index is 12.3. The summed E-state index contributed by atoms with van der Waals surface area (Å²) in [7, 11) is 5.10. The molecule has 0 radical (unpaired) electrons. The van der Waals surface area contributed by atoms with E-state index in [4.69, 9.17) is 0 Å². The van der Waals surface area contributed by atoms with Crippen LogP contribution in [0.5, 0.6) is 0 Å². The standard InChI is InChI=1S/C16H26N5O2S/c1-18-13-12(14(22)20(3)16(23)19(13)2)17-15(18)24-11-10-21-8-6-4-5-7-9-21/h12H,4-11H2,1-3H3/q+1. The predicted molar refractivity (Wildman–Crippen MR) is 95.7 cm³/mol. The number of fused-ring (bicyclic) bond motifs is 1. The summed E-state index contributed by atoms with van der Waals surface area (Å²) < 4.78 is 1.89. The van der Waals surface area contributed by atoms with Crippen LogP contribution in [0, 0.1) is 0 Å². The zero-order valence-corrected chi connectivity index (χ0v) is 15.5. The summed E-state index contributed by atoms with van der Waals surface area (Å²) in [6.45, 7) is 3.41. The molecule has 8 heteroatoms. The van der Waals surface area contributed by atoms with Crippen LogP contribution < -0.4 is 0 Å². The number of thioether (sulfide) groups is 1. The molecule has 1 unspecified atom stereocenters. The van der Waals surface area contributed by atoms with Crippen molar-refractivity contribution in [1.82, 2.24) is 14.7 Å². The number of nitrogens with zero attached hydrogens (tertiary/aromatic N) is 5. The molecule has 3 rings (SSSR count). The Morgan fingerprint density at radius 3 is 2.46 bits per heavy atom. The number of likely N-dealkylation sites (N-methyl/N-ethyl adjacent to an activating group) is 2. The molecule has 0 aromatic carbocycles. The number of carbonyl (C=O) groups is 2. The fraction of sp³-hybridized carbons (Fsp3) is 0.750. The van der Waals surface area contributed by atoms with Gasteiger partial charge in [0.05, 0.1) is 14.1 Å². The van der Waals surface area contributed by atoms with Crippen LogP contribution in [-0.2, 0) is 4.79 Å². The minimum atomic E-state index is -0.580. The Kier molecular flexibility index (Phi) is 5.24. The number of urea groups is 1. The third kappa shape index (κ3) is 3.21. The molecule has 0 aromatic rings. The summed E-state index contributed by atoms with van der Waals surface area (Å²) >= 11 is 1.67. The summed E-state index contributed by atoms with van der Waals surface area (Å²) in [5.41, 5.74) is 0. The van der Waals surface area contributed by atoms with Crippen LogP contribution >= 0.6 is 11.8 Å². The lowest BCUT2D eigenvalue weighted by Crippen LogP contribution is -2.59. The van der Waals surface area contributed by atoms with Crippen LogP contribution in [0.1, 0.15) is 25.7 Å². The zero-order chi connectivity index (χ0) is 17.3. The van der Waals surface area contributed by atoms with Gasteiger partial charge in [0.1, 0.15) is 0 Å². The van der Waals surface area contributed by atoms with Gasteiger partial charge in [0.2, 0.25) is 0 Å². The van der Waals surface area contributed by atoms with Crippen molar-refractivity contribution in [1.29, 1.82) is 0 Å². The van der Waals surface area contributed by atoms with Crippen LogP contribution in [-0.4, -0.2) is 94.8 Å². The Labute approximate surface area is 147 Å². The monoisotopic (exact) mass is 352 g/mol. The molecule has 3 aliphatic rings. The molecule has 24 heavy (non-hydrogen) atoms. The minimum Gasteiger partial charge on any atom is -0.303 e. The van der Waals surface area contributed by atoms with Gasteiger partial charge in [-0.2, -0.15) is 0 Å². The molecule has 0 bridgehead atoms. The highest BCUT2D eigenvalue weighted by Gasteiger charge is 2.51. The van der Waals surface area contributed by atoms with Crippen molar-refractivity contribution in [3.63, 3.8) is 0 Å². The zero-order valence-electron chi connectivity index (χ0n) is 14.7. The topological polar surface area (TPSA) is 59.2 Å². The molecule has 2 fully saturated rings. The maximum Gasteiger partial charge on any atom is 0.388 e. The summed E-state index contributed by atoms with van der Waals surface area (Å²) in [6.07, 6.45) is 5.27. The molecule has 3 aliphatic heterocycles. The maximum absolute atomic E-state index is 12.3. The second-order valence-electron chi connectivity index (χ2n) is 6.57. The first-order valence-electron chi connectivity index (χ1n) is 8.59. The molecular formula is C16H26N5O2S+. The normalized spacial score (nSPS) is 26.0. The minimum absolute atomic E-state index is 0.247. The van der Waals surface area contributed by atoms with Gasteiger partial charge in [-0.3, -0.25) is 9.69 Å². The van der Waals surface area contributed by atoms with Crippen molar-refractivity contribution >= 4 is 34.7 Å². The van der Waals surface area contributed by atoms with Crippen LogP contribution in [0.25, 0.3) is 0 Å². The highest BCUT2D eigenvalue weighted by atomic mass is 32.2.